The van der Waals surface area contributed by atoms with Crippen LogP contribution in [0.1, 0.15) is 41.5 Å². The summed E-state index contributed by atoms with van der Waals surface area (Å²) in [6.07, 6.45) is 2.29. The standard InChI is InChI=1S/C21H26Cl2N2/c1-24(2)12-13-25(3)21-11-9-16(17-6-4-5-7-18(17)21)15-8-10-19(22)20(23)14-15/h4-8,10,14,16,21H,9,11-13H2,1-3H3. The number of halogens is 2. The third kappa shape index (κ3) is 4.20. The van der Waals surface area contributed by atoms with Crippen LogP contribution in [-0.2, 0) is 0 Å². The summed E-state index contributed by atoms with van der Waals surface area (Å²) in [6.45, 7) is 2.15. The van der Waals surface area contributed by atoms with Crippen LogP contribution in [0.3, 0.4) is 0 Å². The predicted octanol–water partition coefficient (Wildman–Crippen LogP) is 5.45. The van der Waals surface area contributed by atoms with Crippen LogP contribution in [0.4, 0.5) is 0 Å². The first-order chi connectivity index (χ1) is 12.0. The molecule has 2 aromatic rings. The van der Waals surface area contributed by atoms with Crippen LogP contribution < -0.4 is 0 Å². The van der Waals surface area contributed by atoms with Gasteiger partial charge in [-0.25, -0.2) is 0 Å². The van der Waals surface area contributed by atoms with Crippen molar-refractivity contribution >= 4 is 23.2 Å². The Morgan fingerprint density at radius 3 is 2.28 bits per heavy atom. The largest absolute Gasteiger partial charge is 0.308 e. The summed E-state index contributed by atoms with van der Waals surface area (Å²) < 4.78 is 0. The molecule has 0 radical (unpaired) electrons. The van der Waals surface area contributed by atoms with Crippen molar-refractivity contribution in [3.8, 4) is 0 Å². The number of hydrogen-bond acceptors (Lipinski definition) is 2. The lowest BCUT2D eigenvalue weighted by Crippen LogP contribution is -2.34. The van der Waals surface area contributed by atoms with Gasteiger partial charge in [-0.1, -0.05) is 53.5 Å². The van der Waals surface area contributed by atoms with Crippen LogP contribution in [0.2, 0.25) is 10.0 Å². The molecule has 2 aromatic carbocycles. The third-order valence-corrected chi connectivity index (χ3v) is 5.98. The highest BCUT2D eigenvalue weighted by Gasteiger charge is 2.30. The minimum atomic E-state index is 0.393. The summed E-state index contributed by atoms with van der Waals surface area (Å²) in [4.78, 5) is 4.73. The molecule has 0 bridgehead atoms. The van der Waals surface area contributed by atoms with Gasteiger partial charge in [-0.3, -0.25) is 4.90 Å². The summed E-state index contributed by atoms with van der Waals surface area (Å²) >= 11 is 12.4. The summed E-state index contributed by atoms with van der Waals surface area (Å²) in [5.74, 6) is 0.393. The fourth-order valence-corrected chi connectivity index (χ4v) is 4.12. The molecule has 0 aliphatic heterocycles. The van der Waals surface area contributed by atoms with Gasteiger partial charge < -0.3 is 4.90 Å². The highest BCUT2D eigenvalue weighted by atomic mass is 35.5. The molecule has 1 aliphatic rings. The highest BCUT2D eigenvalue weighted by molar-refractivity contribution is 6.42. The molecule has 0 aromatic heterocycles. The number of hydrogen-bond donors (Lipinski definition) is 0. The minimum absolute atomic E-state index is 0.393. The quantitative estimate of drug-likeness (QED) is 0.683. The van der Waals surface area contributed by atoms with Crippen LogP contribution in [0.5, 0.6) is 0 Å². The average molecular weight is 377 g/mol. The molecule has 2 atom stereocenters. The van der Waals surface area contributed by atoms with Crippen LogP contribution in [-0.4, -0.2) is 44.0 Å². The number of benzene rings is 2. The molecule has 1 aliphatic carbocycles. The molecular formula is C21H26Cl2N2. The maximum absolute atomic E-state index is 6.27. The van der Waals surface area contributed by atoms with Crippen LogP contribution >= 0.6 is 23.2 Å². The summed E-state index contributed by atoms with van der Waals surface area (Å²) in [6, 6.07) is 15.4. The van der Waals surface area contributed by atoms with E-state index in [-0.39, 0.29) is 0 Å². The number of likely N-dealkylation sites (N-methyl/N-ethyl adjacent to an activating group) is 2. The SMILES string of the molecule is CN(C)CCN(C)C1CCC(c2ccc(Cl)c(Cl)c2)c2ccccc21. The zero-order valence-corrected chi connectivity index (χ0v) is 16.7. The summed E-state index contributed by atoms with van der Waals surface area (Å²) in [5, 5.41) is 1.26. The molecule has 0 amide bonds. The molecule has 0 saturated carbocycles. The first-order valence-electron chi connectivity index (χ1n) is 8.86. The Kier molecular flexibility index (Phi) is 6.06. The lowest BCUT2D eigenvalue weighted by molar-refractivity contribution is 0.197. The van der Waals surface area contributed by atoms with E-state index >= 15 is 0 Å². The monoisotopic (exact) mass is 376 g/mol. The van der Waals surface area contributed by atoms with Crippen molar-refractivity contribution in [2.24, 2.45) is 0 Å². The Bertz CT molecular complexity index is 730. The summed E-state index contributed by atoms with van der Waals surface area (Å²) in [7, 11) is 6.50. The average Bonchev–Trinajstić information content (AvgIpc) is 2.61. The van der Waals surface area contributed by atoms with Crippen molar-refractivity contribution in [2.45, 2.75) is 24.8 Å². The van der Waals surface area contributed by atoms with Crippen molar-refractivity contribution in [1.82, 2.24) is 9.80 Å². The normalized spacial score (nSPS) is 20.1. The fourth-order valence-electron chi connectivity index (χ4n) is 3.81. The lowest BCUT2D eigenvalue weighted by Gasteiger charge is -2.37. The van der Waals surface area contributed by atoms with Crippen LogP contribution in [0.25, 0.3) is 0 Å². The second-order valence-electron chi connectivity index (χ2n) is 7.23. The minimum Gasteiger partial charge on any atom is -0.308 e. The molecule has 0 saturated heterocycles. The van der Waals surface area contributed by atoms with Gasteiger partial charge in [0.2, 0.25) is 0 Å². The maximum Gasteiger partial charge on any atom is 0.0595 e. The smallest absolute Gasteiger partial charge is 0.0595 e. The predicted molar refractivity (Wildman–Crippen MR) is 108 cm³/mol. The number of rotatable bonds is 5. The Balaban J connectivity index is 1.89. The van der Waals surface area contributed by atoms with Crippen molar-refractivity contribution in [1.29, 1.82) is 0 Å². The molecule has 2 unspecified atom stereocenters. The lowest BCUT2D eigenvalue weighted by atomic mass is 9.76. The zero-order chi connectivity index (χ0) is 18.0. The van der Waals surface area contributed by atoms with E-state index in [2.05, 4.69) is 61.3 Å². The van der Waals surface area contributed by atoms with E-state index in [0.29, 0.717) is 22.0 Å². The first kappa shape index (κ1) is 18.7. The fraction of sp³-hybridized carbons (Fsp3) is 0.429. The van der Waals surface area contributed by atoms with Gasteiger partial charge >= 0.3 is 0 Å². The van der Waals surface area contributed by atoms with Gasteiger partial charge in [0.25, 0.3) is 0 Å². The number of fused-ring (bicyclic) bond motifs is 1. The summed E-state index contributed by atoms with van der Waals surface area (Å²) in [5.41, 5.74) is 4.14. The van der Waals surface area contributed by atoms with Crippen molar-refractivity contribution in [3.63, 3.8) is 0 Å². The van der Waals surface area contributed by atoms with E-state index in [1.54, 1.807) is 0 Å². The van der Waals surface area contributed by atoms with E-state index in [1.165, 1.54) is 16.7 Å². The molecule has 0 N–H and O–H groups in total. The molecule has 4 heteroatoms. The highest BCUT2D eigenvalue weighted by Crippen LogP contribution is 2.44. The maximum atomic E-state index is 6.27. The Labute approximate surface area is 161 Å². The van der Waals surface area contributed by atoms with Gasteiger partial charge in [0.1, 0.15) is 0 Å². The molecule has 2 nitrogen and oxygen atoms in total. The van der Waals surface area contributed by atoms with E-state index in [4.69, 9.17) is 23.2 Å². The van der Waals surface area contributed by atoms with Crippen LogP contribution in [0.15, 0.2) is 42.5 Å². The second kappa shape index (κ2) is 8.09. The Morgan fingerprint density at radius 1 is 0.880 bits per heavy atom. The second-order valence-corrected chi connectivity index (χ2v) is 8.05. The molecular weight excluding hydrogens is 351 g/mol. The van der Waals surface area contributed by atoms with Crippen molar-refractivity contribution in [2.75, 3.05) is 34.2 Å². The molecule has 0 heterocycles. The van der Waals surface area contributed by atoms with E-state index < -0.39 is 0 Å². The third-order valence-electron chi connectivity index (χ3n) is 5.24. The zero-order valence-electron chi connectivity index (χ0n) is 15.2. The van der Waals surface area contributed by atoms with E-state index in [1.807, 2.05) is 12.1 Å². The number of nitrogens with zero attached hydrogens (tertiary/aromatic N) is 2. The molecule has 25 heavy (non-hydrogen) atoms. The van der Waals surface area contributed by atoms with Crippen LogP contribution in [0, 0.1) is 0 Å². The van der Waals surface area contributed by atoms with Crippen molar-refractivity contribution in [3.05, 3.63) is 69.2 Å². The topological polar surface area (TPSA) is 6.48 Å². The molecule has 3 rings (SSSR count). The van der Waals surface area contributed by atoms with E-state index in [9.17, 15) is 0 Å². The first-order valence-corrected chi connectivity index (χ1v) is 9.61. The van der Waals surface area contributed by atoms with Crippen molar-refractivity contribution < 1.29 is 0 Å². The Hall–Kier alpha value is -1.06. The molecule has 0 fully saturated rings. The van der Waals surface area contributed by atoms with E-state index in [0.717, 1.165) is 25.9 Å². The molecule has 134 valence electrons. The van der Waals surface area contributed by atoms with Gasteiger partial charge in [-0.15, -0.1) is 0 Å². The van der Waals surface area contributed by atoms with Gasteiger partial charge in [0.15, 0.2) is 0 Å². The van der Waals surface area contributed by atoms with Gasteiger partial charge in [0.05, 0.1) is 10.0 Å². The van der Waals surface area contributed by atoms with Gasteiger partial charge in [0, 0.05) is 25.0 Å². The van der Waals surface area contributed by atoms with Gasteiger partial charge in [-0.2, -0.15) is 0 Å². The molecule has 0 spiro atoms. The van der Waals surface area contributed by atoms with Gasteiger partial charge in [-0.05, 0) is 62.8 Å². The Morgan fingerprint density at radius 2 is 1.60 bits per heavy atom.